The fourth-order valence-corrected chi connectivity index (χ4v) is 2.11. The van der Waals surface area contributed by atoms with E-state index in [-0.39, 0.29) is 11.9 Å². The van der Waals surface area contributed by atoms with Crippen LogP contribution in [0, 0.1) is 0 Å². The molecule has 1 amide bonds. The van der Waals surface area contributed by atoms with Gasteiger partial charge in [0.15, 0.2) is 0 Å². The van der Waals surface area contributed by atoms with Gasteiger partial charge in [0.1, 0.15) is 0 Å². The number of hydrogen-bond donors (Lipinski definition) is 2. The van der Waals surface area contributed by atoms with E-state index < -0.39 is 0 Å². The lowest BCUT2D eigenvalue weighted by molar-refractivity contribution is -0.120. The molecule has 1 rings (SSSR count). The first-order valence-corrected chi connectivity index (χ1v) is 6.96. The maximum Gasteiger partial charge on any atom is 0.239 e. The molecule has 0 aliphatic rings. The number of nitrogen functional groups attached to an aromatic ring is 1. The van der Waals surface area contributed by atoms with Crippen molar-refractivity contribution in [3.63, 3.8) is 0 Å². The Kier molecular flexibility index (Phi) is 6.19. The standard InChI is InChI=1S/C15H25N3O/c1-4-7-12(3)17-15(19)11-18(5-2)14-9-6-8-13(16)10-14/h6,8-10,12H,4-5,7,11,16H2,1-3H3,(H,17,19). The Morgan fingerprint density at radius 3 is 2.74 bits per heavy atom. The largest absolute Gasteiger partial charge is 0.399 e. The summed E-state index contributed by atoms with van der Waals surface area (Å²) in [6, 6.07) is 7.86. The summed E-state index contributed by atoms with van der Waals surface area (Å²) in [5.74, 6) is 0.0604. The molecule has 1 aromatic rings. The van der Waals surface area contributed by atoms with Crippen LogP contribution >= 0.6 is 0 Å². The third-order valence-electron chi connectivity index (χ3n) is 3.08. The predicted molar refractivity (Wildman–Crippen MR) is 81.3 cm³/mol. The summed E-state index contributed by atoms with van der Waals surface area (Å²) in [6.45, 7) is 7.34. The summed E-state index contributed by atoms with van der Waals surface area (Å²) < 4.78 is 0. The van der Waals surface area contributed by atoms with Gasteiger partial charge < -0.3 is 16.0 Å². The van der Waals surface area contributed by atoms with Crippen molar-refractivity contribution in [2.45, 2.75) is 39.7 Å². The predicted octanol–water partition coefficient (Wildman–Crippen LogP) is 2.40. The van der Waals surface area contributed by atoms with Gasteiger partial charge in [-0.2, -0.15) is 0 Å². The molecule has 0 fully saturated rings. The minimum atomic E-state index is 0.0604. The molecular weight excluding hydrogens is 238 g/mol. The molecule has 3 N–H and O–H groups in total. The monoisotopic (exact) mass is 263 g/mol. The fraction of sp³-hybridized carbons (Fsp3) is 0.533. The smallest absolute Gasteiger partial charge is 0.239 e. The van der Waals surface area contributed by atoms with E-state index in [2.05, 4.69) is 12.2 Å². The van der Waals surface area contributed by atoms with Gasteiger partial charge in [0.25, 0.3) is 0 Å². The van der Waals surface area contributed by atoms with Gasteiger partial charge in [-0.05, 0) is 38.5 Å². The summed E-state index contributed by atoms with van der Waals surface area (Å²) in [5, 5.41) is 3.02. The Labute approximate surface area is 116 Å². The molecular formula is C15H25N3O. The molecule has 0 saturated carbocycles. The molecule has 19 heavy (non-hydrogen) atoms. The highest BCUT2D eigenvalue weighted by Crippen LogP contribution is 2.16. The number of nitrogens with zero attached hydrogens (tertiary/aromatic N) is 1. The molecule has 106 valence electrons. The summed E-state index contributed by atoms with van der Waals surface area (Å²) in [5.41, 5.74) is 7.48. The second-order valence-corrected chi connectivity index (χ2v) is 4.87. The van der Waals surface area contributed by atoms with Crippen LogP contribution in [0.3, 0.4) is 0 Å². The molecule has 0 bridgehead atoms. The van der Waals surface area contributed by atoms with Crippen molar-refractivity contribution in [1.29, 1.82) is 0 Å². The minimum absolute atomic E-state index is 0.0604. The van der Waals surface area contributed by atoms with Crippen LogP contribution < -0.4 is 16.0 Å². The van der Waals surface area contributed by atoms with Crippen molar-refractivity contribution in [3.8, 4) is 0 Å². The van der Waals surface area contributed by atoms with Crippen molar-refractivity contribution in [2.24, 2.45) is 0 Å². The average molecular weight is 263 g/mol. The van der Waals surface area contributed by atoms with Crippen LogP contribution in [0.2, 0.25) is 0 Å². The van der Waals surface area contributed by atoms with Crippen LogP contribution in [-0.2, 0) is 4.79 Å². The van der Waals surface area contributed by atoms with Crippen LogP contribution in [0.1, 0.15) is 33.6 Å². The van der Waals surface area contributed by atoms with Crippen molar-refractivity contribution in [2.75, 3.05) is 23.7 Å². The van der Waals surface area contributed by atoms with Gasteiger partial charge in [-0.25, -0.2) is 0 Å². The highest BCUT2D eigenvalue weighted by molar-refractivity contribution is 5.81. The van der Waals surface area contributed by atoms with Crippen LogP contribution in [0.25, 0.3) is 0 Å². The number of carbonyl (C=O) groups is 1. The molecule has 0 radical (unpaired) electrons. The Morgan fingerprint density at radius 2 is 2.16 bits per heavy atom. The van der Waals surface area contributed by atoms with E-state index in [0.29, 0.717) is 6.54 Å². The van der Waals surface area contributed by atoms with E-state index >= 15 is 0 Å². The Balaban J connectivity index is 2.59. The first kappa shape index (κ1) is 15.3. The zero-order valence-corrected chi connectivity index (χ0v) is 12.1. The van der Waals surface area contributed by atoms with E-state index in [4.69, 9.17) is 5.73 Å². The molecule has 1 atom stereocenters. The molecule has 0 spiro atoms. The summed E-state index contributed by atoms with van der Waals surface area (Å²) in [6.07, 6.45) is 2.09. The molecule has 4 heteroatoms. The number of amides is 1. The number of nitrogens with two attached hydrogens (primary N) is 1. The zero-order valence-electron chi connectivity index (χ0n) is 12.1. The molecule has 1 unspecified atom stereocenters. The highest BCUT2D eigenvalue weighted by Gasteiger charge is 2.12. The number of hydrogen-bond acceptors (Lipinski definition) is 3. The Morgan fingerprint density at radius 1 is 1.42 bits per heavy atom. The van der Waals surface area contributed by atoms with Crippen LogP contribution in [0.15, 0.2) is 24.3 Å². The number of anilines is 2. The molecule has 1 aromatic carbocycles. The Bertz CT molecular complexity index is 406. The van der Waals surface area contributed by atoms with Gasteiger partial charge in [-0.3, -0.25) is 4.79 Å². The van der Waals surface area contributed by atoms with Gasteiger partial charge in [0.2, 0.25) is 5.91 Å². The van der Waals surface area contributed by atoms with Gasteiger partial charge in [-0.1, -0.05) is 19.4 Å². The van der Waals surface area contributed by atoms with Crippen LogP contribution in [-0.4, -0.2) is 25.0 Å². The number of likely N-dealkylation sites (N-methyl/N-ethyl adjacent to an activating group) is 1. The van der Waals surface area contributed by atoms with Crippen molar-refractivity contribution < 1.29 is 4.79 Å². The van der Waals surface area contributed by atoms with Crippen molar-refractivity contribution in [1.82, 2.24) is 5.32 Å². The molecule has 4 nitrogen and oxygen atoms in total. The SMILES string of the molecule is CCCC(C)NC(=O)CN(CC)c1cccc(N)c1. The van der Waals surface area contributed by atoms with Gasteiger partial charge in [-0.15, -0.1) is 0 Å². The summed E-state index contributed by atoms with van der Waals surface area (Å²) in [7, 11) is 0. The molecule has 0 saturated heterocycles. The Hall–Kier alpha value is -1.71. The van der Waals surface area contributed by atoms with Crippen LogP contribution in [0.5, 0.6) is 0 Å². The van der Waals surface area contributed by atoms with E-state index in [1.165, 1.54) is 0 Å². The molecule has 0 aromatic heterocycles. The van der Waals surface area contributed by atoms with Gasteiger partial charge >= 0.3 is 0 Å². The van der Waals surface area contributed by atoms with E-state index in [9.17, 15) is 4.79 Å². The number of carbonyl (C=O) groups excluding carboxylic acids is 1. The lowest BCUT2D eigenvalue weighted by Gasteiger charge is -2.24. The summed E-state index contributed by atoms with van der Waals surface area (Å²) in [4.78, 5) is 14.0. The number of benzene rings is 1. The normalized spacial score (nSPS) is 11.9. The van der Waals surface area contributed by atoms with Crippen molar-refractivity contribution >= 4 is 17.3 Å². The van der Waals surface area contributed by atoms with Crippen molar-refractivity contribution in [3.05, 3.63) is 24.3 Å². The molecule has 0 heterocycles. The van der Waals surface area contributed by atoms with Crippen LogP contribution in [0.4, 0.5) is 11.4 Å². The molecule has 0 aliphatic carbocycles. The first-order valence-electron chi connectivity index (χ1n) is 6.96. The first-order chi connectivity index (χ1) is 9.06. The third-order valence-corrected chi connectivity index (χ3v) is 3.08. The number of rotatable bonds is 7. The quantitative estimate of drug-likeness (QED) is 0.743. The molecule has 0 aliphatic heterocycles. The maximum atomic E-state index is 12.0. The average Bonchev–Trinajstić information content (AvgIpc) is 2.36. The lowest BCUT2D eigenvalue weighted by atomic mass is 10.2. The minimum Gasteiger partial charge on any atom is -0.399 e. The van der Waals surface area contributed by atoms with Gasteiger partial charge in [0.05, 0.1) is 6.54 Å². The summed E-state index contributed by atoms with van der Waals surface area (Å²) >= 11 is 0. The third kappa shape index (κ3) is 5.20. The fourth-order valence-electron chi connectivity index (χ4n) is 2.11. The maximum absolute atomic E-state index is 12.0. The lowest BCUT2D eigenvalue weighted by Crippen LogP contribution is -2.41. The topological polar surface area (TPSA) is 58.4 Å². The second-order valence-electron chi connectivity index (χ2n) is 4.87. The van der Waals surface area contributed by atoms with E-state index in [1.807, 2.05) is 43.0 Å². The van der Waals surface area contributed by atoms with Gasteiger partial charge in [0, 0.05) is 24.0 Å². The zero-order chi connectivity index (χ0) is 14.3. The van der Waals surface area contributed by atoms with E-state index in [0.717, 1.165) is 30.8 Å². The second kappa shape index (κ2) is 7.67. The highest BCUT2D eigenvalue weighted by atomic mass is 16.2. The van der Waals surface area contributed by atoms with E-state index in [1.54, 1.807) is 0 Å². The number of nitrogens with one attached hydrogen (secondary N) is 1.